The van der Waals surface area contributed by atoms with Crippen LogP contribution in [0.2, 0.25) is 0 Å². The van der Waals surface area contributed by atoms with Crippen molar-refractivity contribution in [3.05, 3.63) is 53.5 Å². The average Bonchev–Trinajstić information content (AvgIpc) is 3.26. The summed E-state index contributed by atoms with van der Waals surface area (Å²) in [6.07, 6.45) is 1.39. The highest BCUT2D eigenvalue weighted by Crippen LogP contribution is 2.25. The fourth-order valence-corrected chi connectivity index (χ4v) is 3.44. The van der Waals surface area contributed by atoms with Gasteiger partial charge in [0.25, 0.3) is 5.91 Å². The number of likely N-dealkylation sites (N-methyl/N-ethyl adjacent to an activating group) is 1. The molecule has 0 fully saturated rings. The van der Waals surface area contributed by atoms with E-state index >= 15 is 0 Å². The number of benzene rings is 1. The number of aromatic nitrogens is 4. The number of carbonyl (C=O) groups is 1. The van der Waals surface area contributed by atoms with Crippen LogP contribution in [0.15, 0.2) is 40.1 Å². The van der Waals surface area contributed by atoms with Gasteiger partial charge in [0.2, 0.25) is 5.89 Å². The standard InChI is InChI=1S/C19H24N6O2S/c1-13-6-5-7-15(10-13)25-14(2)22-23-19(25)28-12-17-21-16(11-27-17)18(26)20-8-9-24(3)4/h5-7,10-11H,8-9,12H2,1-4H3,(H,20,26). The van der Waals surface area contributed by atoms with Crippen molar-refractivity contribution in [3.8, 4) is 5.69 Å². The van der Waals surface area contributed by atoms with Gasteiger partial charge in [0.1, 0.15) is 12.1 Å². The maximum absolute atomic E-state index is 12.1. The van der Waals surface area contributed by atoms with Crippen molar-refractivity contribution in [1.29, 1.82) is 0 Å². The molecule has 0 aliphatic carbocycles. The lowest BCUT2D eigenvalue weighted by Crippen LogP contribution is -2.31. The van der Waals surface area contributed by atoms with Crippen LogP contribution in [0, 0.1) is 13.8 Å². The Morgan fingerprint density at radius 2 is 2.11 bits per heavy atom. The van der Waals surface area contributed by atoms with Gasteiger partial charge in [0.15, 0.2) is 10.9 Å². The van der Waals surface area contributed by atoms with Crippen LogP contribution in [-0.2, 0) is 5.75 Å². The molecule has 0 saturated heterocycles. The molecule has 0 spiro atoms. The van der Waals surface area contributed by atoms with Crippen molar-refractivity contribution in [2.75, 3.05) is 27.2 Å². The van der Waals surface area contributed by atoms with Gasteiger partial charge in [-0.05, 0) is 45.6 Å². The van der Waals surface area contributed by atoms with Gasteiger partial charge in [-0.2, -0.15) is 0 Å². The van der Waals surface area contributed by atoms with Gasteiger partial charge in [-0.3, -0.25) is 9.36 Å². The minimum absolute atomic E-state index is 0.236. The number of nitrogens with zero attached hydrogens (tertiary/aromatic N) is 5. The predicted octanol–water partition coefficient (Wildman–Crippen LogP) is 2.46. The number of amides is 1. The summed E-state index contributed by atoms with van der Waals surface area (Å²) < 4.78 is 7.44. The molecule has 0 unspecified atom stereocenters. The molecular weight excluding hydrogens is 376 g/mol. The average molecular weight is 401 g/mol. The molecule has 2 aromatic heterocycles. The Hall–Kier alpha value is -2.65. The molecule has 1 aromatic carbocycles. The topological polar surface area (TPSA) is 89.1 Å². The summed E-state index contributed by atoms with van der Waals surface area (Å²) in [7, 11) is 3.91. The van der Waals surface area contributed by atoms with E-state index in [0.717, 1.165) is 23.2 Å². The van der Waals surface area contributed by atoms with Crippen molar-refractivity contribution in [3.63, 3.8) is 0 Å². The minimum Gasteiger partial charge on any atom is -0.447 e. The summed E-state index contributed by atoms with van der Waals surface area (Å²) in [6.45, 7) is 5.29. The number of hydrogen-bond acceptors (Lipinski definition) is 7. The normalized spacial score (nSPS) is 11.2. The highest BCUT2D eigenvalue weighted by atomic mass is 32.2. The molecule has 9 heteroatoms. The maximum Gasteiger partial charge on any atom is 0.273 e. The second-order valence-corrected chi connectivity index (χ2v) is 7.62. The van der Waals surface area contributed by atoms with Crippen LogP contribution < -0.4 is 5.32 Å². The van der Waals surface area contributed by atoms with Gasteiger partial charge in [-0.1, -0.05) is 23.9 Å². The largest absolute Gasteiger partial charge is 0.447 e. The smallest absolute Gasteiger partial charge is 0.273 e. The van der Waals surface area contributed by atoms with Crippen LogP contribution in [-0.4, -0.2) is 57.7 Å². The second-order valence-electron chi connectivity index (χ2n) is 6.68. The van der Waals surface area contributed by atoms with Crippen molar-refractivity contribution in [2.24, 2.45) is 0 Å². The van der Waals surface area contributed by atoms with Gasteiger partial charge in [0, 0.05) is 18.8 Å². The van der Waals surface area contributed by atoms with E-state index in [4.69, 9.17) is 4.42 Å². The van der Waals surface area contributed by atoms with Gasteiger partial charge in [-0.25, -0.2) is 4.98 Å². The molecule has 0 aliphatic rings. The lowest BCUT2D eigenvalue weighted by atomic mass is 10.2. The highest BCUT2D eigenvalue weighted by Gasteiger charge is 2.15. The molecule has 1 amide bonds. The van der Waals surface area contributed by atoms with E-state index in [0.29, 0.717) is 18.2 Å². The molecular formula is C19H24N6O2S. The molecule has 1 N–H and O–H groups in total. The van der Waals surface area contributed by atoms with Crippen LogP contribution in [0.25, 0.3) is 5.69 Å². The van der Waals surface area contributed by atoms with E-state index in [1.165, 1.54) is 23.6 Å². The SMILES string of the molecule is Cc1cccc(-n2c(C)nnc2SCc2nc(C(=O)NCCN(C)C)co2)c1. The lowest BCUT2D eigenvalue weighted by molar-refractivity contribution is 0.0946. The van der Waals surface area contributed by atoms with Crippen molar-refractivity contribution >= 4 is 17.7 Å². The zero-order chi connectivity index (χ0) is 20.1. The number of aryl methyl sites for hydroxylation is 2. The summed E-state index contributed by atoms with van der Waals surface area (Å²) >= 11 is 1.46. The fourth-order valence-electron chi connectivity index (χ4n) is 2.59. The molecule has 28 heavy (non-hydrogen) atoms. The van der Waals surface area contributed by atoms with Crippen LogP contribution in [0.4, 0.5) is 0 Å². The number of thioether (sulfide) groups is 1. The summed E-state index contributed by atoms with van der Waals surface area (Å²) in [5, 5.41) is 12.0. The van der Waals surface area contributed by atoms with Crippen LogP contribution >= 0.6 is 11.8 Å². The van der Waals surface area contributed by atoms with Crippen LogP contribution in [0.1, 0.15) is 27.8 Å². The fraction of sp³-hybridized carbons (Fsp3) is 0.368. The molecule has 0 saturated carbocycles. The van der Waals surface area contributed by atoms with Crippen molar-refractivity contribution < 1.29 is 9.21 Å². The quantitative estimate of drug-likeness (QED) is 0.581. The molecule has 3 aromatic rings. The van der Waals surface area contributed by atoms with Gasteiger partial charge in [0.05, 0.1) is 5.75 Å². The molecule has 3 rings (SSSR count). The first kappa shape index (κ1) is 20.1. The van der Waals surface area contributed by atoms with E-state index in [-0.39, 0.29) is 11.6 Å². The van der Waals surface area contributed by atoms with Crippen molar-refractivity contribution in [2.45, 2.75) is 24.8 Å². The summed E-state index contributed by atoms with van der Waals surface area (Å²) in [5.74, 6) is 1.50. The molecule has 0 atom stereocenters. The number of carbonyl (C=O) groups excluding carboxylic acids is 1. The number of nitrogens with one attached hydrogen (secondary N) is 1. The first-order chi connectivity index (χ1) is 13.4. The van der Waals surface area contributed by atoms with Gasteiger partial charge < -0.3 is 14.6 Å². The number of hydrogen-bond donors (Lipinski definition) is 1. The van der Waals surface area contributed by atoms with Crippen LogP contribution in [0.3, 0.4) is 0 Å². The first-order valence-corrected chi connectivity index (χ1v) is 9.92. The molecule has 8 nitrogen and oxygen atoms in total. The van der Waals surface area contributed by atoms with E-state index in [1.54, 1.807) is 0 Å². The Labute approximate surface area is 168 Å². The predicted molar refractivity (Wildman–Crippen MR) is 108 cm³/mol. The van der Waals surface area contributed by atoms with Gasteiger partial charge in [-0.15, -0.1) is 10.2 Å². The van der Waals surface area contributed by atoms with E-state index in [1.807, 2.05) is 55.6 Å². The number of rotatable bonds is 8. The van der Waals surface area contributed by atoms with Gasteiger partial charge >= 0.3 is 0 Å². The molecule has 148 valence electrons. The maximum atomic E-state index is 12.1. The van der Waals surface area contributed by atoms with E-state index in [2.05, 4.69) is 26.6 Å². The Balaban J connectivity index is 1.64. The lowest BCUT2D eigenvalue weighted by Gasteiger charge is -2.09. The minimum atomic E-state index is -0.236. The molecule has 0 bridgehead atoms. The Morgan fingerprint density at radius 1 is 1.29 bits per heavy atom. The van der Waals surface area contributed by atoms with E-state index < -0.39 is 0 Å². The third-order valence-corrected chi connectivity index (χ3v) is 4.92. The molecule has 0 aliphatic heterocycles. The molecule has 0 radical (unpaired) electrons. The number of oxazole rings is 1. The third-order valence-electron chi connectivity index (χ3n) is 4.01. The Kier molecular flexibility index (Phi) is 6.48. The first-order valence-electron chi connectivity index (χ1n) is 8.93. The third kappa shape index (κ3) is 4.99. The zero-order valence-corrected chi connectivity index (χ0v) is 17.3. The highest BCUT2D eigenvalue weighted by molar-refractivity contribution is 7.98. The molecule has 2 heterocycles. The Morgan fingerprint density at radius 3 is 2.86 bits per heavy atom. The second kappa shape index (κ2) is 9.03. The zero-order valence-electron chi connectivity index (χ0n) is 16.5. The monoisotopic (exact) mass is 400 g/mol. The van der Waals surface area contributed by atoms with Crippen LogP contribution in [0.5, 0.6) is 0 Å². The summed E-state index contributed by atoms with van der Waals surface area (Å²) in [4.78, 5) is 18.4. The summed E-state index contributed by atoms with van der Waals surface area (Å²) in [5.41, 5.74) is 2.46. The van der Waals surface area contributed by atoms with E-state index in [9.17, 15) is 4.79 Å². The Bertz CT molecular complexity index is 950. The van der Waals surface area contributed by atoms with Crippen molar-refractivity contribution in [1.82, 2.24) is 30.0 Å². The summed E-state index contributed by atoms with van der Waals surface area (Å²) in [6, 6.07) is 8.16.